The third-order valence-electron chi connectivity index (χ3n) is 5.36. The summed E-state index contributed by atoms with van der Waals surface area (Å²) in [5, 5.41) is 14.4. The molecule has 182 valence electrons. The van der Waals surface area contributed by atoms with E-state index in [1.807, 2.05) is 13.0 Å². The van der Waals surface area contributed by atoms with Crippen LogP contribution in [-0.4, -0.2) is 49.9 Å². The molecule has 0 saturated carbocycles. The summed E-state index contributed by atoms with van der Waals surface area (Å²) in [7, 11) is -3.90. The van der Waals surface area contributed by atoms with E-state index >= 15 is 0 Å². The van der Waals surface area contributed by atoms with Gasteiger partial charge in [0.05, 0.1) is 23.0 Å². The van der Waals surface area contributed by atoms with Crippen LogP contribution in [0.3, 0.4) is 0 Å². The molecule has 1 fully saturated rings. The lowest BCUT2D eigenvalue weighted by molar-refractivity contribution is -0.385. The highest BCUT2D eigenvalue weighted by atomic mass is 32.2. The third kappa shape index (κ3) is 5.65. The number of carbonyl (C=O) groups excluding carboxylic acids is 1. The molecule has 11 heteroatoms. The molecule has 3 aromatic rings. The van der Waals surface area contributed by atoms with Gasteiger partial charge < -0.3 is 14.8 Å². The summed E-state index contributed by atoms with van der Waals surface area (Å²) >= 11 is 0. The van der Waals surface area contributed by atoms with E-state index in [0.717, 1.165) is 11.6 Å². The second-order valence-electron chi connectivity index (χ2n) is 7.85. The molecule has 0 radical (unpaired) electrons. The monoisotopic (exact) mass is 497 g/mol. The Hall–Kier alpha value is -3.80. The predicted octanol–water partition coefficient (Wildman–Crippen LogP) is 3.97. The van der Waals surface area contributed by atoms with Crippen molar-refractivity contribution in [3.8, 4) is 11.5 Å². The Kier molecular flexibility index (Phi) is 7.10. The van der Waals surface area contributed by atoms with Crippen LogP contribution in [0, 0.1) is 17.0 Å². The molecular weight excluding hydrogens is 474 g/mol. The first kappa shape index (κ1) is 24.3. The minimum absolute atomic E-state index is 0.104. The predicted molar refractivity (Wildman–Crippen MR) is 128 cm³/mol. The van der Waals surface area contributed by atoms with E-state index in [1.54, 1.807) is 42.5 Å². The fourth-order valence-corrected chi connectivity index (χ4v) is 4.97. The van der Waals surface area contributed by atoms with Crippen LogP contribution in [0.15, 0.2) is 71.6 Å². The molecule has 4 rings (SSSR count). The molecule has 0 aliphatic carbocycles. The standard InChI is InChI=1S/C24H23N3O7S/c1-17-3-2-4-18(15-17)24(28)25-19-5-7-20(8-6-19)34-23-10-9-21(16-22(23)27(29)30)35(31,32)26-11-13-33-14-12-26/h2-10,15-16H,11-14H2,1H3,(H,25,28). The largest absolute Gasteiger partial charge is 0.450 e. The molecule has 0 aromatic heterocycles. The molecule has 1 aliphatic rings. The maximum absolute atomic E-state index is 12.9. The number of nitrogens with one attached hydrogen (secondary N) is 1. The lowest BCUT2D eigenvalue weighted by atomic mass is 10.1. The van der Waals surface area contributed by atoms with Crippen molar-refractivity contribution in [1.29, 1.82) is 0 Å². The zero-order valence-electron chi connectivity index (χ0n) is 18.8. The van der Waals surface area contributed by atoms with Crippen LogP contribution < -0.4 is 10.1 Å². The van der Waals surface area contributed by atoms with Crippen LogP contribution in [0.2, 0.25) is 0 Å². The second-order valence-corrected chi connectivity index (χ2v) is 9.79. The number of ether oxygens (including phenoxy) is 2. The summed E-state index contributed by atoms with van der Waals surface area (Å²) in [4.78, 5) is 23.2. The van der Waals surface area contributed by atoms with Gasteiger partial charge in [0.1, 0.15) is 5.75 Å². The highest BCUT2D eigenvalue weighted by Gasteiger charge is 2.29. The zero-order chi connectivity index (χ0) is 25.0. The molecule has 0 unspecified atom stereocenters. The Bertz CT molecular complexity index is 1350. The first-order valence-corrected chi connectivity index (χ1v) is 12.2. The Morgan fingerprint density at radius 1 is 1.06 bits per heavy atom. The fourth-order valence-electron chi connectivity index (χ4n) is 3.55. The Labute approximate surface area is 202 Å². The minimum Gasteiger partial charge on any atom is -0.450 e. The quantitative estimate of drug-likeness (QED) is 0.386. The number of rotatable bonds is 7. The van der Waals surface area contributed by atoms with Crippen molar-refractivity contribution in [2.75, 3.05) is 31.6 Å². The third-order valence-corrected chi connectivity index (χ3v) is 7.25. The Balaban J connectivity index is 1.50. The number of morpholine rings is 1. The van der Waals surface area contributed by atoms with E-state index in [2.05, 4.69) is 5.32 Å². The highest BCUT2D eigenvalue weighted by Crippen LogP contribution is 2.34. The summed E-state index contributed by atoms with van der Waals surface area (Å²) in [6, 6.07) is 17.0. The molecule has 1 N–H and O–H groups in total. The first-order chi connectivity index (χ1) is 16.7. The molecule has 1 heterocycles. The molecule has 0 bridgehead atoms. The molecule has 0 spiro atoms. The Morgan fingerprint density at radius 2 is 1.77 bits per heavy atom. The fraction of sp³-hybridized carbons (Fsp3) is 0.208. The number of hydrogen-bond acceptors (Lipinski definition) is 7. The number of nitro benzene ring substituents is 1. The molecule has 1 amide bonds. The molecule has 35 heavy (non-hydrogen) atoms. The number of hydrogen-bond donors (Lipinski definition) is 1. The van der Waals surface area contributed by atoms with Crippen LogP contribution in [0.1, 0.15) is 15.9 Å². The number of nitrogens with zero attached hydrogens (tertiary/aromatic N) is 2. The SMILES string of the molecule is Cc1cccc(C(=O)Nc2ccc(Oc3ccc(S(=O)(=O)N4CCOCC4)cc3[N+](=O)[O-])cc2)c1. The van der Waals surface area contributed by atoms with Crippen LogP contribution >= 0.6 is 0 Å². The maximum Gasteiger partial charge on any atom is 0.312 e. The van der Waals surface area contributed by atoms with Gasteiger partial charge in [-0.1, -0.05) is 17.7 Å². The van der Waals surface area contributed by atoms with Crippen LogP contribution in [0.5, 0.6) is 11.5 Å². The lowest BCUT2D eigenvalue weighted by Gasteiger charge is -2.26. The normalized spacial score (nSPS) is 14.3. The van der Waals surface area contributed by atoms with Gasteiger partial charge in [0.15, 0.2) is 0 Å². The summed E-state index contributed by atoms with van der Waals surface area (Å²) in [5.74, 6) is -0.0898. The second kappa shape index (κ2) is 10.2. The van der Waals surface area contributed by atoms with E-state index in [-0.39, 0.29) is 48.6 Å². The minimum atomic E-state index is -3.90. The number of nitro groups is 1. The van der Waals surface area contributed by atoms with Gasteiger partial charge in [-0.3, -0.25) is 14.9 Å². The van der Waals surface area contributed by atoms with Crippen LogP contribution in [0.4, 0.5) is 11.4 Å². The summed E-state index contributed by atoms with van der Waals surface area (Å²) in [5.41, 5.74) is 1.53. The number of anilines is 1. The summed E-state index contributed by atoms with van der Waals surface area (Å²) in [6.07, 6.45) is 0. The van der Waals surface area contributed by atoms with Gasteiger partial charge in [-0.15, -0.1) is 0 Å². The average Bonchev–Trinajstić information content (AvgIpc) is 2.85. The maximum atomic E-state index is 12.9. The van der Waals surface area contributed by atoms with Gasteiger partial charge in [0.25, 0.3) is 5.91 Å². The molecule has 1 aliphatic heterocycles. The van der Waals surface area contributed by atoms with Gasteiger partial charge in [-0.2, -0.15) is 4.31 Å². The van der Waals surface area contributed by atoms with Crippen molar-refractivity contribution in [3.63, 3.8) is 0 Å². The van der Waals surface area contributed by atoms with E-state index in [1.165, 1.54) is 16.4 Å². The van der Waals surface area contributed by atoms with Crippen molar-refractivity contribution in [3.05, 3.63) is 88.0 Å². The van der Waals surface area contributed by atoms with Crippen LogP contribution in [0.25, 0.3) is 0 Å². The van der Waals surface area contributed by atoms with Crippen molar-refractivity contribution in [1.82, 2.24) is 4.31 Å². The van der Waals surface area contributed by atoms with Gasteiger partial charge in [-0.05, 0) is 55.5 Å². The highest BCUT2D eigenvalue weighted by molar-refractivity contribution is 7.89. The summed E-state index contributed by atoms with van der Waals surface area (Å²) in [6.45, 7) is 2.79. The molecular formula is C24H23N3O7S. The van der Waals surface area contributed by atoms with Gasteiger partial charge in [0.2, 0.25) is 15.8 Å². The van der Waals surface area contributed by atoms with Crippen LogP contribution in [-0.2, 0) is 14.8 Å². The molecule has 1 saturated heterocycles. The summed E-state index contributed by atoms with van der Waals surface area (Å²) < 4.78 is 37.8. The van der Waals surface area contributed by atoms with Crippen molar-refractivity contribution < 1.29 is 27.6 Å². The zero-order valence-corrected chi connectivity index (χ0v) is 19.7. The van der Waals surface area contributed by atoms with Crippen molar-refractivity contribution >= 4 is 27.3 Å². The van der Waals surface area contributed by atoms with E-state index in [4.69, 9.17) is 9.47 Å². The van der Waals surface area contributed by atoms with Crippen molar-refractivity contribution in [2.45, 2.75) is 11.8 Å². The van der Waals surface area contributed by atoms with E-state index in [9.17, 15) is 23.3 Å². The topological polar surface area (TPSA) is 128 Å². The number of aryl methyl sites for hydroxylation is 1. The smallest absolute Gasteiger partial charge is 0.312 e. The number of sulfonamides is 1. The van der Waals surface area contributed by atoms with Gasteiger partial charge >= 0.3 is 5.69 Å². The van der Waals surface area contributed by atoms with E-state index < -0.39 is 20.6 Å². The van der Waals surface area contributed by atoms with Gasteiger partial charge in [0, 0.05) is 30.4 Å². The Morgan fingerprint density at radius 3 is 2.43 bits per heavy atom. The van der Waals surface area contributed by atoms with E-state index in [0.29, 0.717) is 11.3 Å². The lowest BCUT2D eigenvalue weighted by Crippen LogP contribution is -2.40. The molecule has 3 aromatic carbocycles. The van der Waals surface area contributed by atoms with Gasteiger partial charge in [-0.25, -0.2) is 8.42 Å². The average molecular weight is 498 g/mol. The number of carbonyl (C=O) groups is 1. The molecule has 10 nitrogen and oxygen atoms in total. The number of amides is 1. The first-order valence-electron chi connectivity index (χ1n) is 10.8. The number of benzene rings is 3. The molecule has 0 atom stereocenters. The van der Waals surface area contributed by atoms with Crippen molar-refractivity contribution in [2.24, 2.45) is 0 Å².